The minimum Gasteiger partial charge on any atom is -0.458 e. The lowest BCUT2D eigenvalue weighted by molar-refractivity contribution is -0.172. The zero-order valence-corrected chi connectivity index (χ0v) is 16.8. The number of hydrogen-bond acceptors (Lipinski definition) is 5. The predicted octanol–water partition coefficient (Wildman–Crippen LogP) is 3.42. The molecule has 1 aromatic rings. The topological polar surface area (TPSA) is 60.5 Å². The van der Waals surface area contributed by atoms with E-state index < -0.39 is 11.2 Å². The Balaban J connectivity index is 1.77. The summed E-state index contributed by atoms with van der Waals surface area (Å²) in [5.41, 5.74) is 0.0852. The first-order chi connectivity index (χ1) is 11.8. The van der Waals surface area contributed by atoms with E-state index in [9.17, 15) is 4.79 Å². The third kappa shape index (κ3) is 4.60. The number of nitrogens with zero attached hydrogens (tertiary/aromatic N) is 1. The molecule has 1 aliphatic carbocycles. The van der Waals surface area contributed by atoms with E-state index in [1.54, 1.807) is 0 Å². The second-order valence-corrected chi connectivity index (χ2v) is 8.97. The van der Waals surface area contributed by atoms with Crippen LogP contribution in [-0.4, -0.2) is 36.3 Å². The van der Waals surface area contributed by atoms with Crippen LogP contribution in [0.1, 0.15) is 45.6 Å². The standard InChI is InChI=1S/C19H27BrN2O3/c1-18(2,3)25-17(23)12-24-19(15-4-5-16(20)22-11-15)7-6-13-9-21-10-14(13)8-19/h4-5,11,13-14,21H,6-10,12H2,1-3H3. The summed E-state index contributed by atoms with van der Waals surface area (Å²) < 4.78 is 12.5. The van der Waals surface area contributed by atoms with Crippen molar-refractivity contribution in [2.75, 3.05) is 19.7 Å². The summed E-state index contributed by atoms with van der Waals surface area (Å²) in [7, 11) is 0. The average molecular weight is 411 g/mol. The number of carbonyl (C=O) groups excluding carboxylic acids is 1. The lowest BCUT2D eigenvalue weighted by Crippen LogP contribution is -2.41. The smallest absolute Gasteiger partial charge is 0.332 e. The first-order valence-corrected chi connectivity index (χ1v) is 9.75. The minimum atomic E-state index is -0.500. The lowest BCUT2D eigenvalue weighted by atomic mass is 9.70. The van der Waals surface area contributed by atoms with E-state index in [0.717, 1.165) is 42.5 Å². The number of carbonyl (C=O) groups is 1. The summed E-state index contributed by atoms with van der Waals surface area (Å²) in [4.78, 5) is 16.6. The number of fused-ring (bicyclic) bond motifs is 1. The summed E-state index contributed by atoms with van der Waals surface area (Å²) in [6.45, 7) is 7.69. The molecule has 1 aliphatic heterocycles. The van der Waals surface area contributed by atoms with Gasteiger partial charge in [0.05, 0.1) is 5.60 Å². The van der Waals surface area contributed by atoms with Crippen molar-refractivity contribution in [3.8, 4) is 0 Å². The summed E-state index contributed by atoms with van der Waals surface area (Å²) in [5, 5.41) is 3.49. The van der Waals surface area contributed by atoms with E-state index in [2.05, 4.69) is 32.3 Å². The highest BCUT2D eigenvalue weighted by Gasteiger charge is 2.45. The zero-order chi connectivity index (χ0) is 18.1. The fourth-order valence-electron chi connectivity index (χ4n) is 4.00. The molecule has 1 N–H and O–H groups in total. The monoisotopic (exact) mass is 410 g/mol. The third-order valence-electron chi connectivity index (χ3n) is 5.13. The molecule has 0 bridgehead atoms. The minimum absolute atomic E-state index is 0.0296. The van der Waals surface area contributed by atoms with Gasteiger partial charge in [-0.05, 0) is 87.0 Å². The number of esters is 1. The molecule has 1 aromatic heterocycles. The molecule has 2 fully saturated rings. The predicted molar refractivity (Wildman–Crippen MR) is 99.1 cm³/mol. The van der Waals surface area contributed by atoms with Gasteiger partial charge in [-0.25, -0.2) is 9.78 Å². The summed E-state index contributed by atoms with van der Waals surface area (Å²) in [5.74, 6) is 0.973. The van der Waals surface area contributed by atoms with Crippen molar-refractivity contribution in [3.05, 3.63) is 28.5 Å². The van der Waals surface area contributed by atoms with Gasteiger partial charge in [0.1, 0.15) is 16.8 Å². The molecule has 2 aliphatic rings. The van der Waals surface area contributed by atoms with Gasteiger partial charge in [0.2, 0.25) is 0 Å². The lowest BCUT2D eigenvalue weighted by Gasteiger charge is -2.42. The van der Waals surface area contributed by atoms with Gasteiger partial charge in [-0.3, -0.25) is 0 Å². The second kappa shape index (κ2) is 7.33. The molecule has 0 radical (unpaired) electrons. The van der Waals surface area contributed by atoms with Crippen LogP contribution < -0.4 is 5.32 Å². The van der Waals surface area contributed by atoms with Crippen molar-refractivity contribution >= 4 is 21.9 Å². The molecule has 3 rings (SSSR count). The Bertz CT molecular complexity index is 614. The second-order valence-electron chi connectivity index (χ2n) is 8.16. The number of aromatic nitrogens is 1. The molecule has 138 valence electrons. The largest absolute Gasteiger partial charge is 0.458 e. The van der Waals surface area contributed by atoms with Crippen molar-refractivity contribution in [3.63, 3.8) is 0 Å². The van der Waals surface area contributed by atoms with Gasteiger partial charge in [0.15, 0.2) is 0 Å². The molecule has 5 nitrogen and oxygen atoms in total. The van der Waals surface area contributed by atoms with E-state index in [4.69, 9.17) is 9.47 Å². The summed E-state index contributed by atoms with van der Waals surface area (Å²) >= 11 is 3.39. The number of rotatable bonds is 4. The number of halogens is 1. The molecule has 1 saturated heterocycles. The highest BCUT2D eigenvalue weighted by Crippen LogP contribution is 2.46. The van der Waals surface area contributed by atoms with E-state index in [-0.39, 0.29) is 12.6 Å². The van der Waals surface area contributed by atoms with Crippen molar-refractivity contribution in [1.82, 2.24) is 10.3 Å². The fraction of sp³-hybridized carbons (Fsp3) is 0.684. The Morgan fingerprint density at radius 1 is 1.36 bits per heavy atom. The van der Waals surface area contributed by atoms with Crippen LogP contribution in [0.4, 0.5) is 0 Å². The van der Waals surface area contributed by atoms with Crippen LogP contribution in [0.5, 0.6) is 0 Å². The van der Waals surface area contributed by atoms with Gasteiger partial charge in [-0.2, -0.15) is 0 Å². The zero-order valence-electron chi connectivity index (χ0n) is 15.2. The normalized spacial score (nSPS) is 29.3. The maximum Gasteiger partial charge on any atom is 0.332 e. The molecule has 3 atom stereocenters. The number of ether oxygens (including phenoxy) is 2. The molecule has 3 unspecified atom stereocenters. The molecular weight excluding hydrogens is 384 g/mol. The van der Waals surface area contributed by atoms with E-state index in [1.807, 2.05) is 33.0 Å². The Labute approximate surface area is 158 Å². The van der Waals surface area contributed by atoms with Crippen molar-refractivity contribution in [1.29, 1.82) is 0 Å². The summed E-state index contributed by atoms with van der Waals surface area (Å²) in [6, 6.07) is 3.99. The maximum atomic E-state index is 12.2. The Kier molecular flexibility index (Phi) is 5.51. The van der Waals surface area contributed by atoms with Crippen molar-refractivity contribution in [2.24, 2.45) is 11.8 Å². The van der Waals surface area contributed by atoms with Crippen LogP contribution in [0, 0.1) is 11.8 Å². The number of hydrogen-bond donors (Lipinski definition) is 1. The molecule has 6 heteroatoms. The summed E-state index contributed by atoms with van der Waals surface area (Å²) in [6.07, 6.45) is 4.78. The Morgan fingerprint density at radius 2 is 2.12 bits per heavy atom. The number of nitrogens with one attached hydrogen (secondary N) is 1. The van der Waals surface area contributed by atoms with Crippen LogP contribution in [0.2, 0.25) is 0 Å². The van der Waals surface area contributed by atoms with Crippen LogP contribution in [0.25, 0.3) is 0 Å². The maximum absolute atomic E-state index is 12.2. The quantitative estimate of drug-likeness (QED) is 0.608. The van der Waals surface area contributed by atoms with E-state index in [1.165, 1.54) is 0 Å². The first kappa shape index (κ1) is 18.8. The molecule has 0 aromatic carbocycles. The molecule has 25 heavy (non-hydrogen) atoms. The number of pyridine rings is 1. The average Bonchev–Trinajstić information content (AvgIpc) is 2.99. The fourth-order valence-corrected chi connectivity index (χ4v) is 4.23. The van der Waals surface area contributed by atoms with Crippen molar-refractivity contribution in [2.45, 2.75) is 51.2 Å². The van der Waals surface area contributed by atoms with Crippen molar-refractivity contribution < 1.29 is 14.3 Å². The first-order valence-electron chi connectivity index (χ1n) is 8.96. The molecule has 0 spiro atoms. The Hall–Kier alpha value is -0.980. The molecule has 0 amide bonds. The van der Waals surface area contributed by atoms with E-state index >= 15 is 0 Å². The third-order valence-corrected chi connectivity index (χ3v) is 5.60. The van der Waals surface area contributed by atoms with Gasteiger partial charge in [-0.1, -0.05) is 6.07 Å². The SMILES string of the molecule is CC(C)(C)OC(=O)COC1(c2ccc(Br)nc2)CCC2CNCC2C1. The molecule has 1 saturated carbocycles. The van der Waals surface area contributed by atoms with E-state index in [0.29, 0.717) is 11.8 Å². The van der Waals surface area contributed by atoms with Crippen LogP contribution in [0.3, 0.4) is 0 Å². The van der Waals surface area contributed by atoms with Gasteiger partial charge >= 0.3 is 5.97 Å². The van der Waals surface area contributed by atoms with Crippen LogP contribution >= 0.6 is 15.9 Å². The van der Waals surface area contributed by atoms with Gasteiger partial charge in [0, 0.05) is 11.8 Å². The van der Waals surface area contributed by atoms with Gasteiger partial charge < -0.3 is 14.8 Å². The Morgan fingerprint density at radius 3 is 2.80 bits per heavy atom. The highest BCUT2D eigenvalue weighted by atomic mass is 79.9. The molecular formula is C19H27BrN2O3. The molecule has 2 heterocycles. The highest BCUT2D eigenvalue weighted by molar-refractivity contribution is 9.10. The van der Waals surface area contributed by atoms with Gasteiger partial charge in [-0.15, -0.1) is 0 Å². The van der Waals surface area contributed by atoms with Crippen LogP contribution in [-0.2, 0) is 19.9 Å². The van der Waals surface area contributed by atoms with Crippen LogP contribution in [0.15, 0.2) is 22.9 Å². The van der Waals surface area contributed by atoms with Gasteiger partial charge in [0.25, 0.3) is 0 Å².